The minimum absolute atomic E-state index is 0. The molecule has 0 unspecified atom stereocenters. The summed E-state index contributed by atoms with van der Waals surface area (Å²) in [6.45, 7) is 4.24. The molecule has 0 spiro atoms. The van der Waals surface area contributed by atoms with E-state index in [1.807, 2.05) is 72.8 Å². The van der Waals surface area contributed by atoms with Crippen LogP contribution < -0.4 is 15.5 Å². The average Bonchev–Trinajstić information content (AvgIpc) is 3.18. The van der Waals surface area contributed by atoms with E-state index in [4.69, 9.17) is 5.26 Å². The van der Waals surface area contributed by atoms with Crippen LogP contribution in [-0.2, 0) is 0 Å². The predicted molar refractivity (Wildman–Crippen MR) is 208 cm³/mol. The van der Waals surface area contributed by atoms with Gasteiger partial charge in [0, 0.05) is 32.9 Å². The molecule has 0 amide bonds. The van der Waals surface area contributed by atoms with Crippen LogP contribution in [0.15, 0.2) is 138 Å². The van der Waals surface area contributed by atoms with Crippen molar-refractivity contribution in [2.75, 3.05) is 4.90 Å². The summed E-state index contributed by atoms with van der Waals surface area (Å²) in [7, 11) is 0. The van der Waals surface area contributed by atoms with Gasteiger partial charge < -0.3 is 19.5 Å². The lowest BCUT2D eigenvalue weighted by Gasteiger charge is -2.28. The van der Waals surface area contributed by atoms with Crippen molar-refractivity contribution in [1.29, 1.82) is 10.5 Å². The largest absolute Gasteiger partial charge is 0.478 e. The minimum Gasteiger partial charge on any atom is -0.478 e. The van der Waals surface area contributed by atoms with Gasteiger partial charge in [0.1, 0.15) is 0 Å². The lowest BCUT2D eigenvalue weighted by atomic mass is 9.99. The first kappa shape index (κ1) is 35.1. The van der Waals surface area contributed by atoms with Gasteiger partial charge in [-0.3, -0.25) is 4.79 Å². The van der Waals surface area contributed by atoms with Gasteiger partial charge in [0.25, 0.3) is 0 Å². The van der Waals surface area contributed by atoms with E-state index in [1.165, 1.54) is 12.1 Å². The van der Waals surface area contributed by atoms with Crippen LogP contribution >= 0.6 is 0 Å². The van der Waals surface area contributed by atoms with E-state index in [0.29, 0.717) is 27.7 Å². The molecule has 8 rings (SSSR count). The molecule has 53 heavy (non-hydrogen) atoms. The fraction of sp³-hybridized carbons (Fsp3) is 0.0227. The van der Waals surface area contributed by atoms with Gasteiger partial charge in [-0.2, -0.15) is 10.5 Å². The van der Waals surface area contributed by atoms with Crippen LogP contribution in [0.3, 0.4) is 0 Å². The monoisotopic (exact) mass is 694 g/mol. The second-order valence-electron chi connectivity index (χ2n) is 11.9. The van der Waals surface area contributed by atoms with Crippen LogP contribution in [0.1, 0.15) is 39.3 Å². The maximum atomic E-state index is 13.1. The number of pyridine rings is 2. The maximum Gasteiger partial charge on any atom is 0.337 e. The van der Waals surface area contributed by atoms with Crippen LogP contribution in [-0.4, -0.2) is 26.6 Å². The number of carboxylic acid groups (broad SMARTS) is 2. The van der Waals surface area contributed by atoms with E-state index < -0.39 is 11.9 Å². The number of fused-ring (bicyclic) bond motifs is 4. The fourth-order valence-corrected chi connectivity index (χ4v) is 6.62. The van der Waals surface area contributed by atoms with Gasteiger partial charge in [0.05, 0.1) is 56.6 Å². The highest BCUT2D eigenvalue weighted by Crippen LogP contribution is 2.39. The molecule has 0 aliphatic rings. The van der Waals surface area contributed by atoms with Crippen LogP contribution in [0.5, 0.6) is 0 Å². The topological polar surface area (TPSA) is 147 Å². The van der Waals surface area contributed by atoms with Gasteiger partial charge in [0.2, 0.25) is 0 Å². The summed E-state index contributed by atoms with van der Waals surface area (Å²) in [5.74, 6) is -2.64. The molecule has 2 aromatic heterocycles. The zero-order valence-electron chi connectivity index (χ0n) is 27.3. The standard InChI is InChI=1S/C22H12N2O.C21H14N2O4.CH4/c1-13-15-6-2-4-8-19(15)24-20-9-5-3-7-16(20)22(25)18-11-14(12-23)10-17(13)21(18)24;22-13-14-11-17(20(24)25)19(18(12-14)21(26)27)23(15-7-3-1-4-8-15)16-9-5-2-6-10-16;/h2-11H,1H2;1-12H,(H,24,25)(H,26,27);1H4. The summed E-state index contributed by atoms with van der Waals surface area (Å²) in [6.07, 6.45) is 0. The zero-order chi connectivity index (χ0) is 36.5. The molecular formula is C44H30N4O5. The van der Waals surface area contributed by atoms with Gasteiger partial charge in [0.15, 0.2) is 5.43 Å². The predicted octanol–water partition coefficient (Wildman–Crippen LogP) is 8.82. The van der Waals surface area contributed by atoms with Crippen molar-refractivity contribution >= 4 is 73.7 Å². The quantitative estimate of drug-likeness (QED) is 0.134. The Morgan fingerprint density at radius 3 is 1.55 bits per heavy atom. The number of aromatic carboxylic acids is 2. The van der Waals surface area contributed by atoms with Crippen LogP contribution in [0.4, 0.5) is 17.1 Å². The molecule has 0 saturated heterocycles. The average molecular weight is 695 g/mol. The number of para-hydroxylation sites is 4. The molecule has 6 aromatic carbocycles. The summed E-state index contributed by atoms with van der Waals surface area (Å²) in [5.41, 5.74) is 3.74. The molecule has 0 saturated carbocycles. The second-order valence-corrected chi connectivity index (χ2v) is 11.9. The van der Waals surface area contributed by atoms with Gasteiger partial charge in [-0.25, -0.2) is 9.59 Å². The molecule has 0 fully saturated rings. The number of nitriles is 2. The molecule has 0 bridgehead atoms. The minimum atomic E-state index is -1.32. The van der Waals surface area contributed by atoms with Crippen LogP contribution in [0.2, 0.25) is 0 Å². The van der Waals surface area contributed by atoms with Crippen LogP contribution in [0, 0.1) is 22.7 Å². The molecule has 2 N–H and O–H groups in total. The highest BCUT2D eigenvalue weighted by molar-refractivity contribution is 6.09. The van der Waals surface area contributed by atoms with Crippen molar-refractivity contribution < 1.29 is 19.8 Å². The second kappa shape index (κ2) is 14.2. The molecule has 0 aliphatic heterocycles. The van der Waals surface area contributed by atoms with Gasteiger partial charge in [-0.05, 0) is 71.9 Å². The van der Waals surface area contributed by atoms with Crippen LogP contribution in [0.25, 0.3) is 44.7 Å². The zero-order valence-corrected chi connectivity index (χ0v) is 27.3. The van der Waals surface area contributed by atoms with E-state index in [-0.39, 0.29) is 35.2 Å². The third-order valence-electron chi connectivity index (χ3n) is 8.84. The molecular weight excluding hydrogens is 665 g/mol. The van der Waals surface area contributed by atoms with Gasteiger partial charge in [-0.1, -0.05) is 80.7 Å². The summed E-state index contributed by atoms with van der Waals surface area (Å²) in [4.78, 5) is 38.4. The maximum absolute atomic E-state index is 13.1. The van der Waals surface area contributed by atoms with E-state index in [2.05, 4.69) is 17.0 Å². The number of anilines is 3. The molecule has 2 heterocycles. The number of carbonyl (C=O) groups is 2. The summed E-state index contributed by atoms with van der Waals surface area (Å²) >= 11 is 0. The Morgan fingerprint density at radius 2 is 1.04 bits per heavy atom. The van der Waals surface area contributed by atoms with E-state index in [1.54, 1.807) is 59.5 Å². The highest BCUT2D eigenvalue weighted by Gasteiger charge is 2.27. The van der Waals surface area contributed by atoms with Crippen molar-refractivity contribution in [3.05, 3.63) is 171 Å². The molecule has 256 valence electrons. The Morgan fingerprint density at radius 1 is 0.604 bits per heavy atom. The molecule has 9 nitrogen and oxygen atoms in total. The first-order valence-corrected chi connectivity index (χ1v) is 16.0. The SMILES string of the molecule is C.C=c1c2ccccc2n2c3ccccc3c(=O)c3cc(C#N)cc1c32.N#Cc1cc(C(=O)O)c(N(c2ccccc2)c2ccccc2)c(C(=O)O)c1. The number of hydrogen-bond donors (Lipinski definition) is 2. The number of hydrogen-bond acceptors (Lipinski definition) is 6. The number of rotatable bonds is 5. The van der Waals surface area contributed by atoms with E-state index >= 15 is 0 Å². The molecule has 8 aromatic rings. The fourth-order valence-electron chi connectivity index (χ4n) is 6.62. The third kappa shape index (κ3) is 6.05. The van der Waals surface area contributed by atoms with Crippen molar-refractivity contribution in [3.63, 3.8) is 0 Å². The van der Waals surface area contributed by atoms with Crippen molar-refractivity contribution in [2.45, 2.75) is 7.43 Å². The molecule has 9 heteroatoms. The van der Waals surface area contributed by atoms with E-state index in [9.17, 15) is 29.9 Å². The Kier molecular flexibility index (Phi) is 9.43. The number of benzene rings is 6. The van der Waals surface area contributed by atoms with Gasteiger partial charge >= 0.3 is 11.9 Å². The Hall–Kier alpha value is -7.75. The highest BCUT2D eigenvalue weighted by atomic mass is 16.4. The molecule has 0 atom stereocenters. The molecule has 0 aliphatic carbocycles. The summed E-state index contributed by atoms with van der Waals surface area (Å²) in [6, 6.07) is 43.2. The number of carboxylic acids is 2. The lowest BCUT2D eigenvalue weighted by molar-refractivity contribution is 0.0696. The molecule has 0 radical (unpaired) electrons. The summed E-state index contributed by atoms with van der Waals surface area (Å²) < 4.78 is 2.12. The van der Waals surface area contributed by atoms with Crippen molar-refractivity contribution in [2.24, 2.45) is 0 Å². The third-order valence-corrected chi connectivity index (χ3v) is 8.84. The number of nitrogens with zero attached hydrogens (tertiary/aromatic N) is 4. The first-order chi connectivity index (χ1) is 25.2. The first-order valence-electron chi connectivity index (χ1n) is 16.0. The van der Waals surface area contributed by atoms with Crippen molar-refractivity contribution in [1.82, 2.24) is 4.40 Å². The normalized spacial score (nSPS) is 10.5. The smallest absolute Gasteiger partial charge is 0.337 e. The van der Waals surface area contributed by atoms with Crippen molar-refractivity contribution in [3.8, 4) is 12.1 Å². The Balaban J connectivity index is 0.000000178. The van der Waals surface area contributed by atoms with Gasteiger partial charge in [-0.15, -0.1) is 0 Å². The number of aromatic nitrogens is 1. The Labute approximate surface area is 303 Å². The van der Waals surface area contributed by atoms with E-state index in [0.717, 1.165) is 32.5 Å². The lowest BCUT2D eigenvalue weighted by Crippen LogP contribution is -2.18. The Bertz CT molecular complexity index is 2750. The summed E-state index contributed by atoms with van der Waals surface area (Å²) in [5, 5.41) is 41.9.